The van der Waals surface area contributed by atoms with Gasteiger partial charge < -0.3 is 5.73 Å². The first-order chi connectivity index (χ1) is 7.02. The molecule has 0 aliphatic rings. The lowest BCUT2D eigenvalue weighted by Gasteiger charge is -2.17. The number of rotatable bonds is 5. The van der Waals surface area contributed by atoms with Crippen LogP contribution in [0.2, 0.25) is 0 Å². The molecule has 4 heteroatoms. The minimum absolute atomic E-state index is 0.0450. The SMILES string of the molecule is CCc1cc(CC(C)(F)CN)n(CC)n1. The van der Waals surface area contributed by atoms with Crippen molar-refractivity contribution in [1.82, 2.24) is 9.78 Å². The van der Waals surface area contributed by atoms with Gasteiger partial charge in [0.05, 0.1) is 5.69 Å². The molecule has 0 radical (unpaired) electrons. The summed E-state index contributed by atoms with van der Waals surface area (Å²) in [5.41, 5.74) is 5.99. The van der Waals surface area contributed by atoms with E-state index >= 15 is 0 Å². The second-order valence-corrected chi connectivity index (χ2v) is 4.09. The summed E-state index contributed by atoms with van der Waals surface area (Å²) in [6.07, 6.45) is 1.22. The van der Waals surface area contributed by atoms with Crippen LogP contribution in [0.25, 0.3) is 0 Å². The number of aryl methyl sites for hydroxylation is 2. The summed E-state index contributed by atoms with van der Waals surface area (Å²) in [6, 6.07) is 1.97. The molecule has 0 bridgehead atoms. The lowest BCUT2D eigenvalue weighted by atomic mass is 10.0. The monoisotopic (exact) mass is 213 g/mol. The van der Waals surface area contributed by atoms with Crippen molar-refractivity contribution in [2.45, 2.75) is 45.8 Å². The molecule has 0 saturated carbocycles. The van der Waals surface area contributed by atoms with E-state index in [4.69, 9.17) is 5.73 Å². The Hall–Kier alpha value is -0.900. The van der Waals surface area contributed by atoms with E-state index in [-0.39, 0.29) is 6.54 Å². The fourth-order valence-electron chi connectivity index (χ4n) is 1.55. The standard InChI is InChI=1S/C11H20FN3/c1-4-9-6-10(15(5-2)14-9)7-11(3,12)8-13/h6H,4-5,7-8,13H2,1-3H3. The van der Waals surface area contributed by atoms with Gasteiger partial charge in [-0.05, 0) is 26.3 Å². The van der Waals surface area contributed by atoms with Crippen LogP contribution < -0.4 is 5.73 Å². The van der Waals surface area contributed by atoms with Gasteiger partial charge in [0.25, 0.3) is 0 Å². The van der Waals surface area contributed by atoms with Gasteiger partial charge in [0.15, 0.2) is 0 Å². The van der Waals surface area contributed by atoms with Crippen molar-refractivity contribution >= 4 is 0 Å². The molecule has 0 aromatic carbocycles. The Balaban J connectivity index is 2.88. The minimum Gasteiger partial charge on any atom is -0.328 e. The van der Waals surface area contributed by atoms with Crippen molar-refractivity contribution in [3.63, 3.8) is 0 Å². The molecule has 2 N–H and O–H groups in total. The van der Waals surface area contributed by atoms with E-state index in [1.54, 1.807) is 0 Å². The van der Waals surface area contributed by atoms with E-state index in [2.05, 4.69) is 5.10 Å². The quantitative estimate of drug-likeness (QED) is 0.809. The fourth-order valence-corrected chi connectivity index (χ4v) is 1.55. The lowest BCUT2D eigenvalue weighted by Crippen LogP contribution is -2.32. The maximum absolute atomic E-state index is 13.8. The highest BCUT2D eigenvalue weighted by atomic mass is 19.1. The average molecular weight is 213 g/mol. The molecule has 86 valence electrons. The number of hydrogen-bond donors (Lipinski definition) is 1. The number of hydrogen-bond acceptors (Lipinski definition) is 2. The van der Waals surface area contributed by atoms with Gasteiger partial charge in [0.2, 0.25) is 0 Å². The van der Waals surface area contributed by atoms with Crippen molar-refractivity contribution in [2.24, 2.45) is 5.73 Å². The topological polar surface area (TPSA) is 43.8 Å². The zero-order chi connectivity index (χ0) is 11.5. The number of nitrogens with zero attached hydrogens (tertiary/aromatic N) is 2. The van der Waals surface area contributed by atoms with Gasteiger partial charge in [-0.25, -0.2) is 4.39 Å². The summed E-state index contributed by atoms with van der Waals surface area (Å²) >= 11 is 0. The molecule has 0 aliphatic carbocycles. The van der Waals surface area contributed by atoms with Crippen molar-refractivity contribution < 1.29 is 4.39 Å². The van der Waals surface area contributed by atoms with Crippen LogP contribution in [0.5, 0.6) is 0 Å². The third-order valence-corrected chi connectivity index (χ3v) is 2.55. The van der Waals surface area contributed by atoms with Gasteiger partial charge in [-0.2, -0.15) is 5.10 Å². The van der Waals surface area contributed by atoms with Crippen molar-refractivity contribution in [2.75, 3.05) is 6.54 Å². The van der Waals surface area contributed by atoms with Crippen LogP contribution in [-0.4, -0.2) is 22.0 Å². The molecule has 0 fully saturated rings. The highest BCUT2D eigenvalue weighted by Crippen LogP contribution is 2.17. The Morgan fingerprint density at radius 2 is 2.20 bits per heavy atom. The molecule has 0 saturated heterocycles. The maximum Gasteiger partial charge on any atom is 0.125 e. The lowest BCUT2D eigenvalue weighted by molar-refractivity contribution is 0.196. The Bertz CT molecular complexity index is 318. The number of nitrogens with two attached hydrogens (primary N) is 1. The summed E-state index contributed by atoms with van der Waals surface area (Å²) in [5, 5.41) is 4.37. The molecule has 3 nitrogen and oxygen atoms in total. The smallest absolute Gasteiger partial charge is 0.125 e. The number of alkyl halides is 1. The largest absolute Gasteiger partial charge is 0.328 e. The van der Waals surface area contributed by atoms with Crippen molar-refractivity contribution in [3.8, 4) is 0 Å². The van der Waals surface area contributed by atoms with Gasteiger partial charge >= 0.3 is 0 Å². The van der Waals surface area contributed by atoms with E-state index in [1.807, 2.05) is 24.6 Å². The van der Waals surface area contributed by atoms with Gasteiger partial charge in [0.1, 0.15) is 5.67 Å². The normalized spacial score (nSPS) is 15.3. The van der Waals surface area contributed by atoms with E-state index in [9.17, 15) is 4.39 Å². The Kier molecular flexibility index (Phi) is 3.85. The number of aromatic nitrogens is 2. The average Bonchev–Trinajstić information content (AvgIpc) is 2.59. The van der Waals surface area contributed by atoms with Gasteiger partial charge in [-0.3, -0.25) is 4.68 Å². The summed E-state index contributed by atoms with van der Waals surface area (Å²) in [7, 11) is 0. The molecule has 1 aromatic rings. The predicted octanol–water partition coefficient (Wildman–Crippen LogP) is 1.69. The van der Waals surface area contributed by atoms with Gasteiger partial charge in [-0.1, -0.05) is 6.92 Å². The van der Waals surface area contributed by atoms with Crippen LogP contribution in [0.15, 0.2) is 6.07 Å². The molecule has 1 aromatic heterocycles. The summed E-state index contributed by atoms with van der Waals surface area (Å²) in [5.74, 6) is 0. The molecule has 1 unspecified atom stereocenters. The Labute approximate surface area is 90.5 Å². The highest BCUT2D eigenvalue weighted by Gasteiger charge is 2.23. The highest BCUT2D eigenvalue weighted by molar-refractivity contribution is 5.13. The summed E-state index contributed by atoms with van der Waals surface area (Å²) < 4.78 is 15.6. The third-order valence-electron chi connectivity index (χ3n) is 2.55. The summed E-state index contributed by atoms with van der Waals surface area (Å²) in [6.45, 7) is 6.41. The van der Waals surface area contributed by atoms with Crippen LogP contribution in [0.4, 0.5) is 4.39 Å². The van der Waals surface area contributed by atoms with Gasteiger partial charge in [0, 0.05) is 25.2 Å². The molecule has 0 amide bonds. The van der Waals surface area contributed by atoms with Crippen LogP contribution in [0.3, 0.4) is 0 Å². The first kappa shape index (κ1) is 12.2. The molecular weight excluding hydrogens is 193 g/mol. The second-order valence-electron chi connectivity index (χ2n) is 4.09. The molecule has 15 heavy (non-hydrogen) atoms. The zero-order valence-electron chi connectivity index (χ0n) is 9.76. The van der Waals surface area contributed by atoms with Crippen LogP contribution in [-0.2, 0) is 19.4 Å². The molecule has 1 rings (SSSR count). The van der Waals surface area contributed by atoms with Crippen LogP contribution in [0.1, 0.15) is 32.2 Å². The van der Waals surface area contributed by atoms with Gasteiger partial charge in [-0.15, -0.1) is 0 Å². The third kappa shape index (κ3) is 3.02. The molecule has 0 aliphatic heterocycles. The van der Waals surface area contributed by atoms with Crippen molar-refractivity contribution in [3.05, 3.63) is 17.5 Å². The van der Waals surface area contributed by atoms with Crippen LogP contribution >= 0.6 is 0 Å². The predicted molar refractivity (Wildman–Crippen MR) is 59.6 cm³/mol. The Morgan fingerprint density at radius 1 is 1.53 bits per heavy atom. The number of halogens is 1. The fraction of sp³-hybridized carbons (Fsp3) is 0.727. The second kappa shape index (κ2) is 4.75. The maximum atomic E-state index is 13.8. The molecular formula is C11H20FN3. The first-order valence-electron chi connectivity index (χ1n) is 5.47. The molecule has 1 heterocycles. The molecule has 1 atom stereocenters. The van der Waals surface area contributed by atoms with Crippen molar-refractivity contribution in [1.29, 1.82) is 0 Å². The van der Waals surface area contributed by atoms with E-state index < -0.39 is 5.67 Å². The zero-order valence-corrected chi connectivity index (χ0v) is 9.76. The van der Waals surface area contributed by atoms with E-state index in [0.29, 0.717) is 6.42 Å². The minimum atomic E-state index is -1.34. The first-order valence-corrected chi connectivity index (χ1v) is 5.47. The summed E-state index contributed by atoms with van der Waals surface area (Å²) in [4.78, 5) is 0. The van der Waals surface area contributed by atoms with E-state index in [1.165, 1.54) is 6.92 Å². The molecule has 0 spiro atoms. The van der Waals surface area contributed by atoms with Crippen LogP contribution in [0, 0.1) is 0 Å². The van der Waals surface area contributed by atoms with E-state index in [0.717, 1.165) is 24.4 Å². The Morgan fingerprint density at radius 3 is 2.67 bits per heavy atom.